The molecule has 0 spiro atoms. The van der Waals surface area contributed by atoms with E-state index >= 15 is 0 Å². The summed E-state index contributed by atoms with van der Waals surface area (Å²) in [7, 11) is 0. The molecule has 0 N–H and O–H groups in total. The van der Waals surface area contributed by atoms with Crippen LogP contribution < -0.4 is 0 Å². The molecule has 11 rings (SSSR count). The molecule has 0 amide bonds. The third-order valence-corrected chi connectivity index (χ3v) is 11.7. The van der Waals surface area contributed by atoms with Gasteiger partial charge in [0.15, 0.2) is 0 Å². The molecule has 0 radical (unpaired) electrons. The molecule has 3 heteroatoms. The standard InChI is InChI=1S/C48H30N2S/c1-2-10-35(11-3-1)49-43-15-7-4-12-37(43)41-28-33(22-26-45(41)49)31-18-20-32(21-19-31)34-23-27-46-42(29-34)38-13-5-8-16-44(38)50(46)36-24-25-40-39-14-6-9-17-47(39)51-48(40)30-36/h1-30H. The van der Waals surface area contributed by atoms with Gasteiger partial charge in [-0.1, -0.05) is 115 Å². The fraction of sp³-hybridized carbons (Fsp3) is 0. The van der Waals surface area contributed by atoms with Crippen LogP contribution >= 0.6 is 11.3 Å². The van der Waals surface area contributed by atoms with Crippen LogP contribution in [0.2, 0.25) is 0 Å². The van der Waals surface area contributed by atoms with Crippen molar-refractivity contribution in [3.8, 4) is 33.6 Å². The van der Waals surface area contributed by atoms with E-state index in [0.29, 0.717) is 0 Å². The Kier molecular flexibility index (Phi) is 6.16. The number of rotatable bonds is 4. The summed E-state index contributed by atoms with van der Waals surface area (Å²) in [4.78, 5) is 0. The first-order chi connectivity index (χ1) is 25.3. The van der Waals surface area contributed by atoms with Crippen LogP contribution in [-0.2, 0) is 0 Å². The van der Waals surface area contributed by atoms with Crippen LogP contribution in [0.25, 0.3) is 97.4 Å². The maximum absolute atomic E-state index is 2.42. The van der Waals surface area contributed by atoms with Gasteiger partial charge in [0.25, 0.3) is 0 Å². The predicted molar refractivity (Wildman–Crippen MR) is 219 cm³/mol. The van der Waals surface area contributed by atoms with E-state index in [-0.39, 0.29) is 0 Å². The van der Waals surface area contributed by atoms with Gasteiger partial charge < -0.3 is 9.13 Å². The second-order valence-corrected chi connectivity index (χ2v) is 14.4. The molecule has 238 valence electrons. The van der Waals surface area contributed by atoms with Crippen LogP contribution in [0.3, 0.4) is 0 Å². The molecule has 0 aliphatic heterocycles. The highest BCUT2D eigenvalue weighted by Crippen LogP contribution is 2.40. The second kappa shape index (κ2) is 11.0. The van der Waals surface area contributed by atoms with Crippen molar-refractivity contribution in [3.05, 3.63) is 182 Å². The number of hydrogen-bond acceptors (Lipinski definition) is 1. The highest BCUT2D eigenvalue weighted by Gasteiger charge is 2.16. The quantitative estimate of drug-likeness (QED) is 0.177. The van der Waals surface area contributed by atoms with Crippen molar-refractivity contribution < 1.29 is 0 Å². The summed E-state index contributed by atoms with van der Waals surface area (Å²) in [5.74, 6) is 0. The second-order valence-electron chi connectivity index (χ2n) is 13.4. The Morgan fingerprint density at radius 2 is 0.745 bits per heavy atom. The minimum atomic E-state index is 1.18. The molecule has 0 fully saturated rings. The number of hydrogen-bond donors (Lipinski definition) is 0. The van der Waals surface area contributed by atoms with Crippen molar-refractivity contribution in [2.75, 3.05) is 0 Å². The van der Waals surface area contributed by atoms with Crippen LogP contribution in [0.4, 0.5) is 0 Å². The first-order valence-corrected chi connectivity index (χ1v) is 18.2. The normalized spacial score (nSPS) is 11.9. The average Bonchev–Trinajstić information content (AvgIpc) is 3.85. The van der Waals surface area contributed by atoms with Crippen LogP contribution in [-0.4, -0.2) is 9.13 Å². The fourth-order valence-corrected chi connectivity index (χ4v) is 9.29. The van der Waals surface area contributed by atoms with Crippen LogP contribution in [0, 0.1) is 0 Å². The molecule has 0 unspecified atom stereocenters. The third-order valence-electron chi connectivity index (χ3n) is 10.5. The number of fused-ring (bicyclic) bond motifs is 9. The van der Waals surface area contributed by atoms with Gasteiger partial charge in [0.2, 0.25) is 0 Å². The highest BCUT2D eigenvalue weighted by atomic mass is 32.1. The molecule has 0 aliphatic rings. The highest BCUT2D eigenvalue weighted by molar-refractivity contribution is 7.25. The van der Waals surface area contributed by atoms with Gasteiger partial charge in [0.05, 0.1) is 22.1 Å². The first kappa shape index (κ1) is 28.4. The topological polar surface area (TPSA) is 9.86 Å². The fourth-order valence-electron chi connectivity index (χ4n) is 8.15. The number of benzene rings is 8. The summed E-state index contributed by atoms with van der Waals surface area (Å²) in [5.41, 5.74) is 12.1. The van der Waals surface area contributed by atoms with E-state index in [4.69, 9.17) is 0 Å². The van der Waals surface area contributed by atoms with E-state index in [1.165, 1.54) is 97.4 Å². The summed E-state index contributed by atoms with van der Waals surface area (Å²) in [5, 5.41) is 7.73. The first-order valence-electron chi connectivity index (χ1n) is 17.4. The van der Waals surface area contributed by atoms with E-state index < -0.39 is 0 Å². The molecular weight excluding hydrogens is 637 g/mol. The van der Waals surface area contributed by atoms with Crippen molar-refractivity contribution in [3.63, 3.8) is 0 Å². The summed E-state index contributed by atoms with van der Waals surface area (Å²) in [6, 6.07) is 66.7. The lowest BCUT2D eigenvalue weighted by Gasteiger charge is -2.10. The summed E-state index contributed by atoms with van der Waals surface area (Å²) >= 11 is 1.87. The third kappa shape index (κ3) is 4.35. The summed E-state index contributed by atoms with van der Waals surface area (Å²) in [6.45, 7) is 0. The van der Waals surface area contributed by atoms with Crippen molar-refractivity contribution in [2.24, 2.45) is 0 Å². The van der Waals surface area contributed by atoms with Crippen LogP contribution in [0.5, 0.6) is 0 Å². The van der Waals surface area contributed by atoms with E-state index in [2.05, 4.69) is 191 Å². The Bertz CT molecular complexity index is 3120. The van der Waals surface area contributed by atoms with Crippen molar-refractivity contribution >= 4 is 75.1 Å². The van der Waals surface area contributed by atoms with Gasteiger partial charge in [0, 0.05) is 53.1 Å². The zero-order valence-electron chi connectivity index (χ0n) is 27.6. The molecule has 2 nitrogen and oxygen atoms in total. The maximum Gasteiger partial charge on any atom is 0.0541 e. The number of nitrogens with zero attached hydrogens (tertiary/aromatic N) is 2. The molecule has 3 heterocycles. The van der Waals surface area contributed by atoms with Crippen molar-refractivity contribution in [1.29, 1.82) is 0 Å². The lowest BCUT2D eigenvalue weighted by atomic mass is 9.98. The minimum absolute atomic E-state index is 1.18. The Balaban J connectivity index is 0.989. The number of thiophene rings is 1. The molecule has 8 aromatic carbocycles. The summed E-state index contributed by atoms with van der Waals surface area (Å²) < 4.78 is 7.44. The zero-order valence-corrected chi connectivity index (χ0v) is 28.4. The van der Waals surface area contributed by atoms with E-state index in [9.17, 15) is 0 Å². The van der Waals surface area contributed by atoms with Gasteiger partial charge in [-0.2, -0.15) is 0 Å². The van der Waals surface area contributed by atoms with Crippen molar-refractivity contribution in [1.82, 2.24) is 9.13 Å². The molecule has 51 heavy (non-hydrogen) atoms. The smallest absolute Gasteiger partial charge is 0.0541 e. The van der Waals surface area contributed by atoms with Gasteiger partial charge in [-0.3, -0.25) is 0 Å². The Morgan fingerprint density at radius 3 is 1.37 bits per heavy atom. The van der Waals surface area contributed by atoms with E-state index in [1.807, 2.05) is 11.3 Å². The van der Waals surface area contributed by atoms with Crippen LogP contribution in [0.15, 0.2) is 182 Å². The number of aromatic nitrogens is 2. The Morgan fingerprint density at radius 1 is 0.275 bits per heavy atom. The maximum atomic E-state index is 2.42. The minimum Gasteiger partial charge on any atom is -0.309 e. The van der Waals surface area contributed by atoms with Gasteiger partial charge in [-0.25, -0.2) is 0 Å². The Hall–Kier alpha value is -6.42. The molecule has 11 aromatic rings. The zero-order chi connectivity index (χ0) is 33.5. The SMILES string of the molecule is c1ccc(-n2c3ccccc3c3cc(-c4ccc(-c5ccc6c(c5)c5ccccc5n6-c5ccc6c(c5)sc5ccccc56)cc4)ccc32)cc1. The Labute approximate surface area is 298 Å². The molecule has 0 saturated carbocycles. The molecule has 3 aromatic heterocycles. The van der Waals surface area contributed by atoms with Crippen molar-refractivity contribution in [2.45, 2.75) is 0 Å². The van der Waals surface area contributed by atoms with Gasteiger partial charge in [-0.05, 0) is 89.0 Å². The van der Waals surface area contributed by atoms with Gasteiger partial charge in [-0.15, -0.1) is 11.3 Å². The lowest BCUT2D eigenvalue weighted by molar-refractivity contribution is 1.18. The molecular formula is C48H30N2S. The van der Waals surface area contributed by atoms with Gasteiger partial charge >= 0.3 is 0 Å². The van der Waals surface area contributed by atoms with E-state index in [1.54, 1.807) is 0 Å². The van der Waals surface area contributed by atoms with Crippen LogP contribution in [0.1, 0.15) is 0 Å². The molecule has 0 aliphatic carbocycles. The van der Waals surface area contributed by atoms with E-state index in [0.717, 1.165) is 0 Å². The summed E-state index contributed by atoms with van der Waals surface area (Å²) in [6.07, 6.45) is 0. The lowest BCUT2D eigenvalue weighted by Crippen LogP contribution is -1.93. The number of para-hydroxylation sites is 3. The van der Waals surface area contributed by atoms with Gasteiger partial charge in [0.1, 0.15) is 0 Å². The average molecular weight is 667 g/mol. The molecule has 0 atom stereocenters. The molecule has 0 bridgehead atoms. The monoisotopic (exact) mass is 666 g/mol. The largest absolute Gasteiger partial charge is 0.309 e. The predicted octanol–water partition coefficient (Wildman–Crippen LogP) is 13.6. The molecule has 0 saturated heterocycles.